The number of thiophene rings is 1. The molecule has 0 saturated carbocycles. The molecule has 3 aromatic rings. The quantitative estimate of drug-likeness (QED) is 0.134. The van der Waals surface area contributed by atoms with Gasteiger partial charge in [0, 0.05) is 22.2 Å². The molecule has 5 nitrogen and oxygen atoms in total. The van der Waals surface area contributed by atoms with Crippen LogP contribution in [0.25, 0.3) is 10.1 Å². The first-order valence-corrected chi connectivity index (χ1v) is 9.91. The molecule has 3 rings (SSSR count). The number of fused-ring (bicyclic) bond motifs is 1. The van der Waals surface area contributed by atoms with E-state index in [0.29, 0.717) is 5.02 Å². The number of hydrogen-bond donors (Lipinski definition) is 0. The molecule has 2 aromatic carbocycles. The zero-order valence-corrected chi connectivity index (χ0v) is 17.0. The van der Waals surface area contributed by atoms with E-state index in [0.717, 1.165) is 15.6 Å². The summed E-state index contributed by atoms with van der Waals surface area (Å²) in [6.07, 6.45) is 0. The normalized spacial score (nSPS) is 11.0. The van der Waals surface area contributed by atoms with Crippen molar-refractivity contribution in [3.05, 3.63) is 68.0 Å². The second kappa shape index (κ2) is 7.41. The molecule has 1 heterocycles. The molecule has 0 radical (unpaired) electrons. The van der Waals surface area contributed by atoms with Gasteiger partial charge in [0.1, 0.15) is 0 Å². The Morgan fingerprint density at radius 1 is 1.24 bits per heavy atom. The van der Waals surface area contributed by atoms with Crippen molar-refractivity contribution < 1.29 is 14.5 Å². The van der Waals surface area contributed by atoms with E-state index in [1.807, 2.05) is 5.38 Å². The Morgan fingerprint density at radius 2 is 1.92 bits per heavy atom. The van der Waals surface area contributed by atoms with E-state index in [2.05, 4.69) is 31.9 Å². The number of alkyl halides is 2. The van der Waals surface area contributed by atoms with Gasteiger partial charge in [0.25, 0.3) is 5.69 Å². The van der Waals surface area contributed by atoms with Gasteiger partial charge >= 0.3 is 5.97 Å². The minimum atomic E-state index is -0.637. The Bertz CT molecular complexity index is 972. The van der Waals surface area contributed by atoms with Gasteiger partial charge in [-0.05, 0) is 35.2 Å². The number of non-ortho nitro benzene ring substituents is 1. The Kier molecular flexibility index (Phi) is 5.43. The highest BCUT2D eigenvalue weighted by Gasteiger charge is 2.17. The Morgan fingerprint density at radius 3 is 2.52 bits per heavy atom. The fraction of sp³-hybridized carbons (Fsp3) is 0.0625. The highest BCUT2D eigenvalue weighted by atomic mass is 79.9. The number of benzene rings is 2. The van der Waals surface area contributed by atoms with Crippen LogP contribution in [0.4, 0.5) is 5.69 Å². The summed E-state index contributed by atoms with van der Waals surface area (Å²) in [5.41, 5.74) is 1.11. The van der Waals surface area contributed by atoms with Crippen LogP contribution in [-0.2, 0) is 0 Å². The number of carbonyl (C=O) groups is 1. The third-order valence-electron chi connectivity index (χ3n) is 3.41. The number of carbonyl (C=O) groups excluding carboxylic acids is 1. The summed E-state index contributed by atoms with van der Waals surface area (Å²) >= 11 is 14.7. The smallest absolute Gasteiger partial charge is 0.343 e. The van der Waals surface area contributed by atoms with Crippen molar-refractivity contribution in [2.45, 2.75) is 3.74 Å². The van der Waals surface area contributed by atoms with Gasteiger partial charge in [-0.15, -0.1) is 11.3 Å². The van der Waals surface area contributed by atoms with Gasteiger partial charge in [0.2, 0.25) is 0 Å². The second-order valence-corrected chi connectivity index (χ2v) is 9.34. The van der Waals surface area contributed by atoms with Gasteiger partial charge in [-0.3, -0.25) is 10.1 Å². The van der Waals surface area contributed by atoms with E-state index in [-0.39, 0.29) is 20.7 Å². The zero-order valence-electron chi connectivity index (χ0n) is 12.2. The first-order valence-electron chi connectivity index (χ1n) is 6.82. The van der Waals surface area contributed by atoms with Crippen molar-refractivity contribution in [2.75, 3.05) is 0 Å². The zero-order chi connectivity index (χ0) is 18.1. The lowest BCUT2D eigenvalue weighted by atomic mass is 10.2. The molecule has 0 amide bonds. The molecule has 0 fully saturated rings. The average Bonchev–Trinajstić information content (AvgIpc) is 2.98. The van der Waals surface area contributed by atoms with Crippen LogP contribution in [0, 0.1) is 10.1 Å². The number of nitro groups is 1. The highest BCUT2D eigenvalue weighted by Crippen LogP contribution is 2.41. The number of ether oxygens (including phenoxy) is 1. The van der Waals surface area contributed by atoms with Crippen LogP contribution in [0.15, 0.2) is 41.8 Å². The van der Waals surface area contributed by atoms with Gasteiger partial charge < -0.3 is 4.74 Å². The van der Waals surface area contributed by atoms with E-state index in [9.17, 15) is 14.9 Å². The summed E-state index contributed by atoms with van der Waals surface area (Å²) < 4.78 is 6.31. The minimum absolute atomic E-state index is 0.0341. The largest absolute Gasteiger partial charge is 0.421 e. The van der Waals surface area contributed by atoms with Crippen LogP contribution >= 0.6 is 54.8 Å². The Hall–Kier alpha value is -1.48. The number of hydrogen-bond acceptors (Lipinski definition) is 5. The minimum Gasteiger partial charge on any atom is -0.421 e. The Labute approximate surface area is 168 Å². The van der Waals surface area contributed by atoms with E-state index in [1.165, 1.54) is 35.6 Å². The lowest BCUT2D eigenvalue weighted by Gasteiger charge is -2.08. The van der Waals surface area contributed by atoms with Crippen LogP contribution in [-0.4, -0.2) is 10.9 Å². The maximum absolute atomic E-state index is 12.3. The average molecular weight is 506 g/mol. The predicted octanol–water partition coefficient (Wildman–Crippen LogP) is 6.47. The van der Waals surface area contributed by atoms with E-state index in [4.69, 9.17) is 16.3 Å². The van der Waals surface area contributed by atoms with Gasteiger partial charge in [-0.2, -0.15) is 0 Å². The lowest BCUT2D eigenvalue weighted by molar-refractivity contribution is -0.384. The molecule has 128 valence electrons. The van der Waals surface area contributed by atoms with Gasteiger partial charge in [0.15, 0.2) is 5.75 Å². The standard InChI is InChI=1S/C16H8Br2ClNO4S/c17-15(18)11-7-25-14-6-12(19)13(5-10(11)14)24-16(21)8-1-3-9(4-2-8)20(22)23/h1-7,15H. The van der Waals surface area contributed by atoms with Crippen LogP contribution < -0.4 is 4.74 Å². The summed E-state index contributed by atoms with van der Waals surface area (Å²) in [5, 5.41) is 13.9. The molecule has 0 aliphatic carbocycles. The highest BCUT2D eigenvalue weighted by molar-refractivity contribution is 9.24. The number of rotatable bonds is 4. The number of halogens is 3. The third-order valence-corrected chi connectivity index (χ3v) is 5.65. The molecular formula is C16H8Br2ClNO4S. The molecule has 0 aliphatic rings. The van der Waals surface area contributed by atoms with Crippen LogP contribution in [0.2, 0.25) is 5.02 Å². The molecule has 0 bridgehead atoms. The van der Waals surface area contributed by atoms with Crippen LogP contribution in [0.1, 0.15) is 19.7 Å². The summed E-state index contributed by atoms with van der Waals surface area (Å²) in [6, 6.07) is 8.64. The Balaban J connectivity index is 1.91. The first-order chi connectivity index (χ1) is 11.9. The van der Waals surface area contributed by atoms with Crippen molar-refractivity contribution in [2.24, 2.45) is 0 Å². The van der Waals surface area contributed by atoms with Crippen molar-refractivity contribution in [3.63, 3.8) is 0 Å². The molecule has 25 heavy (non-hydrogen) atoms. The van der Waals surface area contributed by atoms with E-state index < -0.39 is 10.9 Å². The summed E-state index contributed by atoms with van der Waals surface area (Å²) in [7, 11) is 0. The molecular weight excluding hydrogens is 498 g/mol. The molecule has 9 heteroatoms. The van der Waals surface area contributed by atoms with Crippen molar-refractivity contribution >= 4 is 76.5 Å². The molecule has 0 aliphatic heterocycles. The van der Waals surface area contributed by atoms with Crippen LogP contribution in [0.5, 0.6) is 5.75 Å². The SMILES string of the molecule is O=C(Oc1cc2c(C(Br)Br)csc2cc1Cl)c1ccc([N+](=O)[O-])cc1. The molecule has 0 unspecified atom stereocenters. The molecule has 0 spiro atoms. The topological polar surface area (TPSA) is 69.4 Å². The number of esters is 1. The maximum Gasteiger partial charge on any atom is 0.343 e. The fourth-order valence-corrected chi connectivity index (χ4v) is 4.55. The predicted molar refractivity (Wildman–Crippen MR) is 105 cm³/mol. The number of nitro benzene ring substituents is 1. The molecule has 0 atom stereocenters. The molecule has 0 saturated heterocycles. The van der Waals surface area contributed by atoms with Crippen molar-refractivity contribution in [1.82, 2.24) is 0 Å². The third kappa shape index (κ3) is 3.87. The summed E-state index contributed by atoms with van der Waals surface area (Å²) in [6.45, 7) is 0. The molecule has 1 aromatic heterocycles. The van der Waals surface area contributed by atoms with Crippen LogP contribution in [0.3, 0.4) is 0 Å². The van der Waals surface area contributed by atoms with Gasteiger partial charge in [-0.1, -0.05) is 43.5 Å². The van der Waals surface area contributed by atoms with Gasteiger partial charge in [-0.25, -0.2) is 4.79 Å². The van der Waals surface area contributed by atoms with E-state index >= 15 is 0 Å². The van der Waals surface area contributed by atoms with Crippen molar-refractivity contribution in [1.29, 1.82) is 0 Å². The fourth-order valence-electron chi connectivity index (χ4n) is 2.17. The number of nitrogens with zero attached hydrogens (tertiary/aromatic N) is 1. The maximum atomic E-state index is 12.3. The second-order valence-electron chi connectivity index (χ2n) is 4.96. The first kappa shape index (κ1) is 18.3. The summed E-state index contributed by atoms with van der Waals surface area (Å²) in [4.78, 5) is 22.4. The van der Waals surface area contributed by atoms with Crippen molar-refractivity contribution in [3.8, 4) is 5.75 Å². The van der Waals surface area contributed by atoms with E-state index in [1.54, 1.807) is 12.1 Å². The molecule has 0 N–H and O–H groups in total. The monoisotopic (exact) mass is 503 g/mol. The van der Waals surface area contributed by atoms with Gasteiger partial charge in [0.05, 0.1) is 19.2 Å². The lowest BCUT2D eigenvalue weighted by Crippen LogP contribution is -2.08. The summed E-state index contributed by atoms with van der Waals surface area (Å²) in [5.74, 6) is -0.403.